The van der Waals surface area contributed by atoms with Crippen LogP contribution in [0.4, 0.5) is 5.69 Å². The zero-order valence-corrected chi connectivity index (χ0v) is 25.1. The van der Waals surface area contributed by atoms with Gasteiger partial charge in [0.05, 0.1) is 11.9 Å². The van der Waals surface area contributed by atoms with Gasteiger partial charge in [-0.25, -0.2) is 8.42 Å². The first-order valence-electron chi connectivity index (χ1n) is 14.3. The summed E-state index contributed by atoms with van der Waals surface area (Å²) in [7, 11) is -3.78. The van der Waals surface area contributed by atoms with Gasteiger partial charge in [0.2, 0.25) is 21.8 Å². The Labute approximate surface area is 244 Å². The molecule has 3 aromatic rings. The summed E-state index contributed by atoms with van der Waals surface area (Å²) in [6, 6.07) is 23.8. The van der Waals surface area contributed by atoms with Crippen molar-refractivity contribution in [3.8, 4) is 0 Å². The van der Waals surface area contributed by atoms with Crippen molar-refractivity contribution < 1.29 is 18.0 Å². The van der Waals surface area contributed by atoms with Gasteiger partial charge in [-0.2, -0.15) is 0 Å². The number of sulfonamides is 1. The summed E-state index contributed by atoms with van der Waals surface area (Å²) in [5, 5.41) is 3.23. The van der Waals surface area contributed by atoms with Crippen LogP contribution in [0.5, 0.6) is 0 Å². The fraction of sp³-hybridized carbons (Fsp3) is 0.394. The van der Waals surface area contributed by atoms with Crippen LogP contribution in [0.15, 0.2) is 78.9 Å². The molecule has 4 rings (SSSR count). The zero-order chi connectivity index (χ0) is 29.4. The van der Waals surface area contributed by atoms with Crippen molar-refractivity contribution in [1.82, 2.24) is 10.2 Å². The van der Waals surface area contributed by atoms with Gasteiger partial charge in [-0.15, -0.1) is 0 Å². The Bertz CT molecular complexity index is 1420. The van der Waals surface area contributed by atoms with E-state index in [4.69, 9.17) is 0 Å². The van der Waals surface area contributed by atoms with Crippen LogP contribution in [0.3, 0.4) is 0 Å². The Morgan fingerprint density at radius 1 is 0.854 bits per heavy atom. The van der Waals surface area contributed by atoms with Crippen molar-refractivity contribution in [1.29, 1.82) is 0 Å². The molecule has 0 unspecified atom stereocenters. The van der Waals surface area contributed by atoms with E-state index >= 15 is 0 Å². The van der Waals surface area contributed by atoms with Gasteiger partial charge in [0.25, 0.3) is 0 Å². The summed E-state index contributed by atoms with van der Waals surface area (Å²) >= 11 is 0. The van der Waals surface area contributed by atoms with Crippen LogP contribution in [-0.4, -0.2) is 50.0 Å². The van der Waals surface area contributed by atoms with Crippen molar-refractivity contribution >= 4 is 27.5 Å². The van der Waals surface area contributed by atoms with Gasteiger partial charge in [0.1, 0.15) is 12.6 Å². The monoisotopic (exact) mass is 575 g/mol. The lowest BCUT2D eigenvalue weighted by molar-refractivity contribution is -0.140. The molecule has 2 amide bonds. The molecule has 41 heavy (non-hydrogen) atoms. The molecule has 1 aliphatic rings. The van der Waals surface area contributed by atoms with Crippen molar-refractivity contribution in [2.75, 3.05) is 17.1 Å². The van der Waals surface area contributed by atoms with Crippen LogP contribution in [0.25, 0.3) is 0 Å². The van der Waals surface area contributed by atoms with Gasteiger partial charge in [0.15, 0.2) is 0 Å². The molecule has 0 aromatic heterocycles. The summed E-state index contributed by atoms with van der Waals surface area (Å²) in [6.07, 6.45) is 6.57. The molecule has 1 saturated carbocycles. The van der Waals surface area contributed by atoms with E-state index < -0.39 is 28.5 Å². The highest BCUT2D eigenvalue weighted by atomic mass is 32.2. The molecule has 1 atom stereocenters. The normalized spacial score (nSPS) is 14.7. The van der Waals surface area contributed by atoms with Crippen LogP contribution in [0.1, 0.15) is 54.4 Å². The SMILES string of the molecule is Cc1ccc(CN(C(=O)CN(c2cccc(C)c2)S(C)(=O)=O)[C@H](Cc2ccccc2)C(=O)NC2CCCCC2)cc1. The van der Waals surface area contributed by atoms with E-state index in [1.807, 2.05) is 74.5 Å². The Balaban J connectivity index is 1.71. The lowest BCUT2D eigenvalue weighted by atomic mass is 9.94. The van der Waals surface area contributed by atoms with E-state index in [0.29, 0.717) is 12.1 Å². The highest BCUT2D eigenvalue weighted by Gasteiger charge is 2.34. The number of hydrogen-bond donors (Lipinski definition) is 1. The third kappa shape index (κ3) is 8.67. The van der Waals surface area contributed by atoms with Crippen molar-refractivity contribution in [2.24, 2.45) is 0 Å². The number of nitrogens with zero attached hydrogens (tertiary/aromatic N) is 2. The molecule has 0 bridgehead atoms. The molecule has 1 aliphatic carbocycles. The standard InChI is InChI=1S/C33H41N3O4S/c1-25-17-19-28(20-18-25)23-35(32(37)24-36(41(3,39)40)30-16-10-11-26(2)21-30)31(22-27-12-6-4-7-13-27)33(38)34-29-14-8-5-9-15-29/h4,6-7,10-13,16-21,29,31H,5,8-9,14-15,22-24H2,1-3H3,(H,34,38)/t31-/m1/s1. The highest BCUT2D eigenvalue weighted by molar-refractivity contribution is 7.92. The minimum Gasteiger partial charge on any atom is -0.352 e. The number of carbonyl (C=O) groups is 2. The van der Waals surface area contributed by atoms with Crippen LogP contribution in [-0.2, 0) is 32.6 Å². The maximum Gasteiger partial charge on any atom is 0.244 e. The number of nitrogens with one attached hydrogen (secondary N) is 1. The molecule has 0 heterocycles. The number of aryl methyl sites for hydroxylation is 2. The van der Waals surface area contributed by atoms with E-state index in [9.17, 15) is 18.0 Å². The topological polar surface area (TPSA) is 86.8 Å². The predicted octanol–water partition coefficient (Wildman–Crippen LogP) is 5.16. The molecule has 0 saturated heterocycles. The quantitative estimate of drug-likeness (QED) is 0.342. The minimum atomic E-state index is -3.78. The minimum absolute atomic E-state index is 0.0747. The van der Waals surface area contributed by atoms with Gasteiger partial charge in [-0.05, 0) is 55.5 Å². The highest BCUT2D eigenvalue weighted by Crippen LogP contribution is 2.23. The average molecular weight is 576 g/mol. The first kappa shape index (κ1) is 30.3. The molecule has 0 aliphatic heterocycles. The molecular formula is C33H41N3O4S. The number of benzene rings is 3. The Morgan fingerprint density at radius 2 is 1.54 bits per heavy atom. The maximum absolute atomic E-state index is 14.2. The van der Waals surface area contributed by atoms with Crippen molar-refractivity contribution in [3.63, 3.8) is 0 Å². The molecule has 0 spiro atoms. The molecular weight excluding hydrogens is 534 g/mol. The second kappa shape index (κ2) is 13.8. The maximum atomic E-state index is 14.2. The zero-order valence-electron chi connectivity index (χ0n) is 24.3. The third-order valence-electron chi connectivity index (χ3n) is 7.67. The summed E-state index contributed by atoms with van der Waals surface area (Å²) in [5.41, 5.74) is 4.19. The van der Waals surface area contributed by atoms with E-state index in [0.717, 1.165) is 64.9 Å². The van der Waals surface area contributed by atoms with Gasteiger partial charge in [-0.3, -0.25) is 13.9 Å². The Morgan fingerprint density at radius 3 is 2.17 bits per heavy atom. The summed E-state index contributed by atoms with van der Waals surface area (Å²) in [4.78, 5) is 29.7. The molecule has 1 fully saturated rings. The number of anilines is 1. The van der Waals surface area contributed by atoms with Crippen molar-refractivity contribution in [3.05, 3.63) is 101 Å². The lowest BCUT2D eigenvalue weighted by Gasteiger charge is -2.35. The summed E-state index contributed by atoms with van der Waals surface area (Å²) in [5.74, 6) is -0.639. The van der Waals surface area contributed by atoms with Gasteiger partial charge in [-0.1, -0.05) is 91.6 Å². The molecule has 0 radical (unpaired) electrons. The average Bonchev–Trinajstić information content (AvgIpc) is 2.95. The lowest BCUT2D eigenvalue weighted by Crippen LogP contribution is -2.55. The smallest absolute Gasteiger partial charge is 0.244 e. The molecule has 1 N–H and O–H groups in total. The first-order valence-corrected chi connectivity index (χ1v) is 16.2. The first-order chi connectivity index (χ1) is 19.6. The van der Waals surface area contributed by atoms with Crippen LogP contribution in [0, 0.1) is 13.8 Å². The number of rotatable bonds is 11. The van der Waals surface area contributed by atoms with Gasteiger partial charge in [0, 0.05) is 19.0 Å². The largest absolute Gasteiger partial charge is 0.352 e. The number of carbonyl (C=O) groups excluding carboxylic acids is 2. The van der Waals surface area contributed by atoms with E-state index in [-0.39, 0.29) is 18.5 Å². The van der Waals surface area contributed by atoms with Crippen molar-refractivity contribution in [2.45, 2.75) is 71.0 Å². The fourth-order valence-corrected chi connectivity index (χ4v) is 6.23. The van der Waals surface area contributed by atoms with Gasteiger partial charge < -0.3 is 10.2 Å². The van der Waals surface area contributed by atoms with Crippen LogP contribution >= 0.6 is 0 Å². The second-order valence-electron chi connectivity index (χ2n) is 11.2. The van der Waals surface area contributed by atoms with E-state index in [1.54, 1.807) is 23.1 Å². The summed E-state index contributed by atoms with van der Waals surface area (Å²) < 4.78 is 27.0. The van der Waals surface area contributed by atoms with Crippen LogP contribution in [0.2, 0.25) is 0 Å². The molecule has 7 nitrogen and oxygen atoms in total. The molecule has 8 heteroatoms. The predicted molar refractivity (Wildman–Crippen MR) is 164 cm³/mol. The molecule has 218 valence electrons. The fourth-order valence-electron chi connectivity index (χ4n) is 5.39. The van der Waals surface area contributed by atoms with E-state index in [2.05, 4.69) is 5.32 Å². The third-order valence-corrected chi connectivity index (χ3v) is 8.81. The Kier molecular flexibility index (Phi) is 10.2. The Hall–Kier alpha value is -3.65. The summed E-state index contributed by atoms with van der Waals surface area (Å²) in [6.45, 7) is 3.64. The molecule has 3 aromatic carbocycles. The van der Waals surface area contributed by atoms with Crippen LogP contribution < -0.4 is 9.62 Å². The van der Waals surface area contributed by atoms with E-state index in [1.165, 1.54) is 0 Å². The number of hydrogen-bond acceptors (Lipinski definition) is 4. The van der Waals surface area contributed by atoms with Gasteiger partial charge >= 0.3 is 0 Å². The second-order valence-corrected chi connectivity index (χ2v) is 13.1. The number of amides is 2.